The normalized spacial score (nSPS) is 12.5. The number of carbonyl (C=O) groups excluding carboxylic acids is 1. The summed E-state index contributed by atoms with van der Waals surface area (Å²) in [7, 11) is 2.12. The Morgan fingerprint density at radius 1 is 1.33 bits per heavy atom. The van der Waals surface area contributed by atoms with Crippen LogP contribution in [0.25, 0.3) is 0 Å². The van der Waals surface area contributed by atoms with Gasteiger partial charge < -0.3 is 10.9 Å². The van der Waals surface area contributed by atoms with Crippen LogP contribution in [-0.2, 0) is 9.47 Å². The van der Waals surface area contributed by atoms with Crippen molar-refractivity contribution in [2.24, 2.45) is 0 Å². The van der Waals surface area contributed by atoms with Crippen LogP contribution in [0, 0.1) is 0 Å². The van der Waals surface area contributed by atoms with E-state index in [0.29, 0.717) is 0 Å². The summed E-state index contributed by atoms with van der Waals surface area (Å²) < 4.78 is 46.6. The Hall–Kier alpha value is -0.560. The molecule has 3 nitrogen and oxygen atoms in total. The molecule has 0 aliphatic rings. The predicted molar refractivity (Wildman–Crippen MR) is 54.7 cm³/mol. The van der Waals surface area contributed by atoms with Crippen LogP contribution in [0.15, 0.2) is 24.3 Å². The van der Waals surface area contributed by atoms with Crippen LogP contribution in [-0.4, -0.2) is 26.4 Å². The molecule has 0 radical (unpaired) electrons. The van der Waals surface area contributed by atoms with Crippen molar-refractivity contribution in [1.82, 2.24) is 0 Å². The second-order valence-electron chi connectivity index (χ2n) is 3.27. The minimum absolute atomic E-state index is 0. The number of rotatable bonds is 3. The molecule has 0 saturated heterocycles. The van der Waals surface area contributed by atoms with Crippen LogP contribution in [0.4, 0.5) is 13.2 Å². The number of esters is 1. The van der Waals surface area contributed by atoms with E-state index in [2.05, 4.69) is 9.47 Å². The Labute approximate surface area is 126 Å². The Morgan fingerprint density at radius 3 is 2.39 bits per heavy atom. The third-order valence-corrected chi connectivity index (χ3v) is 2.14. The van der Waals surface area contributed by atoms with Crippen LogP contribution in [0.1, 0.15) is 23.5 Å². The van der Waals surface area contributed by atoms with E-state index in [4.69, 9.17) is 0 Å². The van der Waals surface area contributed by atoms with Crippen molar-refractivity contribution in [2.45, 2.75) is 12.3 Å². The van der Waals surface area contributed by atoms with Crippen LogP contribution in [0.2, 0.25) is 0 Å². The monoisotopic (exact) mass is 272 g/mol. The SMILES string of the molecule is COC(=O)c1cccc(C(OC)C(F)(F)F)c1.[H-].[Na+]. The molecule has 0 fully saturated rings. The van der Waals surface area contributed by atoms with Gasteiger partial charge in [0.05, 0.1) is 12.7 Å². The molecule has 0 aliphatic heterocycles. The number of carbonyl (C=O) groups is 1. The zero-order valence-electron chi connectivity index (χ0n) is 11.2. The predicted octanol–water partition coefficient (Wildman–Crippen LogP) is -0.161. The smallest absolute Gasteiger partial charge is 1.00 e. The number of methoxy groups -OCH3 is 2. The zero-order chi connectivity index (χ0) is 13.1. The van der Waals surface area contributed by atoms with Gasteiger partial charge >= 0.3 is 41.7 Å². The minimum atomic E-state index is -4.52. The Morgan fingerprint density at radius 2 is 1.94 bits per heavy atom. The Kier molecular flexibility index (Phi) is 6.91. The van der Waals surface area contributed by atoms with E-state index in [-0.39, 0.29) is 42.1 Å². The van der Waals surface area contributed by atoms with Crippen LogP contribution in [0.3, 0.4) is 0 Å². The van der Waals surface area contributed by atoms with Gasteiger partial charge in [-0.25, -0.2) is 4.79 Å². The van der Waals surface area contributed by atoms with Gasteiger partial charge in [-0.3, -0.25) is 0 Å². The van der Waals surface area contributed by atoms with Crippen molar-refractivity contribution in [3.8, 4) is 0 Å². The van der Waals surface area contributed by atoms with Crippen molar-refractivity contribution < 1.29 is 58.4 Å². The number of hydrogen-bond acceptors (Lipinski definition) is 3. The van der Waals surface area contributed by atoms with Gasteiger partial charge in [0.15, 0.2) is 6.10 Å². The molecular formula is C11H12F3NaO3. The van der Waals surface area contributed by atoms with E-state index in [1.807, 2.05) is 0 Å². The van der Waals surface area contributed by atoms with Crippen molar-refractivity contribution in [1.29, 1.82) is 0 Å². The molecular weight excluding hydrogens is 260 g/mol. The fourth-order valence-electron chi connectivity index (χ4n) is 1.41. The average molecular weight is 272 g/mol. The van der Waals surface area contributed by atoms with Crippen molar-refractivity contribution >= 4 is 5.97 Å². The summed E-state index contributed by atoms with van der Waals surface area (Å²) in [5.41, 5.74) is -0.0841. The number of ether oxygens (including phenoxy) is 2. The van der Waals surface area contributed by atoms with E-state index < -0.39 is 18.2 Å². The molecule has 1 unspecified atom stereocenters. The molecule has 96 valence electrons. The Balaban J connectivity index is 0. The largest absolute Gasteiger partial charge is 1.00 e. The number of hydrogen-bond donors (Lipinski definition) is 0. The second-order valence-corrected chi connectivity index (χ2v) is 3.27. The van der Waals surface area contributed by atoms with Gasteiger partial charge in [-0.1, -0.05) is 12.1 Å². The van der Waals surface area contributed by atoms with E-state index in [1.165, 1.54) is 18.2 Å². The van der Waals surface area contributed by atoms with Crippen LogP contribution < -0.4 is 29.6 Å². The first-order valence-corrected chi connectivity index (χ1v) is 4.68. The third-order valence-electron chi connectivity index (χ3n) is 2.14. The summed E-state index contributed by atoms with van der Waals surface area (Å²) in [5, 5.41) is 0. The van der Waals surface area contributed by atoms with Gasteiger partial charge in [0.2, 0.25) is 0 Å². The van der Waals surface area contributed by atoms with E-state index in [9.17, 15) is 18.0 Å². The van der Waals surface area contributed by atoms with Crippen molar-refractivity contribution in [3.05, 3.63) is 35.4 Å². The maximum atomic E-state index is 12.6. The molecule has 1 rings (SSSR count). The summed E-state index contributed by atoms with van der Waals surface area (Å²) in [6.07, 6.45) is -6.57. The molecule has 18 heavy (non-hydrogen) atoms. The third kappa shape index (κ3) is 4.28. The Bertz CT molecular complexity index is 412. The first kappa shape index (κ1) is 17.4. The molecule has 0 heterocycles. The number of halogens is 3. The second kappa shape index (κ2) is 7.13. The average Bonchev–Trinajstić information content (AvgIpc) is 2.27. The molecule has 0 aromatic heterocycles. The van der Waals surface area contributed by atoms with Crippen molar-refractivity contribution in [3.63, 3.8) is 0 Å². The van der Waals surface area contributed by atoms with E-state index in [1.54, 1.807) is 0 Å². The van der Waals surface area contributed by atoms with E-state index in [0.717, 1.165) is 20.3 Å². The summed E-state index contributed by atoms with van der Waals surface area (Å²) in [6.45, 7) is 0. The molecule has 0 spiro atoms. The maximum absolute atomic E-state index is 12.6. The van der Waals surface area contributed by atoms with Gasteiger partial charge in [0, 0.05) is 7.11 Å². The quantitative estimate of drug-likeness (QED) is 0.566. The summed E-state index contributed by atoms with van der Waals surface area (Å²) >= 11 is 0. The molecule has 7 heteroatoms. The van der Waals surface area contributed by atoms with Crippen LogP contribution in [0.5, 0.6) is 0 Å². The standard InChI is InChI=1S/C11H11F3O3.Na.H/c1-16-9(11(12,13)14)7-4-3-5-8(6-7)10(15)17-2;;/h3-6,9H,1-2H3;;/q;+1;-1. The summed E-state index contributed by atoms with van der Waals surface area (Å²) in [6, 6.07) is 5.07. The van der Waals surface area contributed by atoms with Gasteiger partial charge in [-0.05, 0) is 17.7 Å². The summed E-state index contributed by atoms with van der Waals surface area (Å²) in [5.74, 6) is -0.691. The molecule has 0 amide bonds. The van der Waals surface area contributed by atoms with Crippen LogP contribution >= 0.6 is 0 Å². The molecule has 0 bridgehead atoms. The molecule has 0 saturated carbocycles. The first-order valence-electron chi connectivity index (χ1n) is 4.68. The molecule has 1 aromatic carbocycles. The van der Waals surface area contributed by atoms with Crippen molar-refractivity contribution in [2.75, 3.05) is 14.2 Å². The number of alkyl halides is 3. The van der Waals surface area contributed by atoms with Gasteiger partial charge in [0.1, 0.15) is 0 Å². The zero-order valence-corrected chi connectivity index (χ0v) is 12.2. The topological polar surface area (TPSA) is 35.5 Å². The fourth-order valence-corrected chi connectivity index (χ4v) is 1.41. The first-order chi connectivity index (χ1) is 7.90. The van der Waals surface area contributed by atoms with Gasteiger partial charge in [-0.15, -0.1) is 0 Å². The summed E-state index contributed by atoms with van der Waals surface area (Å²) in [4.78, 5) is 11.2. The molecule has 1 atom stereocenters. The van der Waals surface area contributed by atoms with Gasteiger partial charge in [-0.2, -0.15) is 13.2 Å². The van der Waals surface area contributed by atoms with Gasteiger partial charge in [0.25, 0.3) is 0 Å². The maximum Gasteiger partial charge on any atom is 1.00 e. The van der Waals surface area contributed by atoms with E-state index >= 15 is 0 Å². The fraction of sp³-hybridized carbons (Fsp3) is 0.364. The molecule has 0 aliphatic carbocycles. The molecule has 0 N–H and O–H groups in total. The molecule has 1 aromatic rings. The number of benzene rings is 1. The minimum Gasteiger partial charge on any atom is -1.00 e.